The molecule has 14 nitrogen and oxygen atoms in total. The fourth-order valence-electron chi connectivity index (χ4n) is 3.58. The molecule has 0 amide bonds. The Labute approximate surface area is 215 Å². The molecule has 38 heavy (non-hydrogen) atoms. The number of aromatic nitrogens is 2. The zero-order chi connectivity index (χ0) is 28.2. The lowest BCUT2D eigenvalue weighted by Crippen LogP contribution is -2.43. The van der Waals surface area contributed by atoms with Crippen molar-refractivity contribution in [1.82, 2.24) is 9.55 Å². The van der Waals surface area contributed by atoms with Gasteiger partial charge in [-0.25, -0.2) is 9.59 Å². The van der Waals surface area contributed by atoms with E-state index in [1.54, 1.807) is 6.92 Å². The van der Waals surface area contributed by atoms with Crippen molar-refractivity contribution in [1.29, 1.82) is 0 Å². The number of aromatic amines is 1. The maximum Gasteiger partial charge on any atom is 0.330 e. The number of carboxylic acid groups (broad SMARTS) is 1. The Morgan fingerprint density at radius 3 is 2.34 bits per heavy atom. The minimum absolute atomic E-state index is 0.221. The molecule has 1 aliphatic heterocycles. The number of aryl methyl sites for hydroxylation is 1. The summed E-state index contributed by atoms with van der Waals surface area (Å²) in [5.74, 6) is -2.99. The third kappa shape index (κ3) is 6.81. The zero-order valence-corrected chi connectivity index (χ0v) is 21.2. The van der Waals surface area contributed by atoms with E-state index in [1.165, 1.54) is 24.3 Å². The molecule has 2 heterocycles. The van der Waals surface area contributed by atoms with Crippen molar-refractivity contribution < 1.29 is 46.3 Å². The summed E-state index contributed by atoms with van der Waals surface area (Å²) >= 11 is 0. The van der Waals surface area contributed by atoms with Crippen molar-refractivity contribution in [2.24, 2.45) is 0 Å². The van der Waals surface area contributed by atoms with E-state index in [9.17, 15) is 32.4 Å². The van der Waals surface area contributed by atoms with Crippen LogP contribution in [0.3, 0.4) is 0 Å². The van der Waals surface area contributed by atoms with E-state index in [-0.39, 0.29) is 10.5 Å². The molecule has 0 bridgehead atoms. The molecule has 2 N–H and O–H groups in total. The number of hydrogen-bond donors (Lipinski definition) is 2. The van der Waals surface area contributed by atoms with Gasteiger partial charge in [0.15, 0.2) is 12.3 Å². The Kier molecular flexibility index (Phi) is 8.65. The summed E-state index contributed by atoms with van der Waals surface area (Å²) in [5.41, 5.74) is -1.45. The number of esters is 2. The summed E-state index contributed by atoms with van der Waals surface area (Å²) in [6.07, 6.45) is -3.60. The van der Waals surface area contributed by atoms with Crippen molar-refractivity contribution in [3.05, 3.63) is 68.5 Å². The Hall–Kier alpha value is -4.08. The van der Waals surface area contributed by atoms with Gasteiger partial charge in [0.05, 0.1) is 10.5 Å². The maximum atomic E-state index is 13.1. The van der Waals surface area contributed by atoms with E-state index in [0.717, 1.165) is 36.3 Å². The lowest BCUT2D eigenvalue weighted by molar-refractivity contribution is -0.155. The number of benzene rings is 1. The van der Waals surface area contributed by atoms with Gasteiger partial charge >= 0.3 is 23.6 Å². The van der Waals surface area contributed by atoms with Gasteiger partial charge in [0, 0.05) is 26.1 Å². The van der Waals surface area contributed by atoms with Gasteiger partial charge in [-0.1, -0.05) is 17.7 Å². The SMILES string of the molecule is CC(=O)OC[C@H]1O[C@@H](n2cc(/C=C/C(=O)O)c(=O)[nH]c2=O)[C@H](OC(C)=O)[C@H]1OS(=O)(=O)c1ccc(C)cc1. The molecule has 0 radical (unpaired) electrons. The Balaban J connectivity index is 2.10. The molecular weight excluding hydrogens is 528 g/mol. The summed E-state index contributed by atoms with van der Waals surface area (Å²) in [4.78, 5) is 60.9. The average Bonchev–Trinajstić information content (AvgIpc) is 3.12. The first-order chi connectivity index (χ1) is 17.8. The molecule has 1 aliphatic rings. The minimum atomic E-state index is -4.48. The number of nitrogens with one attached hydrogen (secondary N) is 1. The van der Waals surface area contributed by atoms with Crippen LogP contribution in [0.4, 0.5) is 0 Å². The maximum absolute atomic E-state index is 13.1. The highest BCUT2D eigenvalue weighted by molar-refractivity contribution is 7.86. The summed E-state index contributed by atoms with van der Waals surface area (Å²) in [6.45, 7) is 3.34. The molecular formula is C23H24N2O12S. The highest BCUT2D eigenvalue weighted by atomic mass is 32.2. The molecule has 1 aromatic heterocycles. The molecule has 0 saturated carbocycles. The average molecular weight is 553 g/mol. The molecule has 3 rings (SSSR count). The molecule has 1 fully saturated rings. The highest BCUT2D eigenvalue weighted by Crippen LogP contribution is 2.35. The molecule has 0 spiro atoms. The van der Waals surface area contributed by atoms with Crippen LogP contribution in [0.1, 0.15) is 31.2 Å². The van der Waals surface area contributed by atoms with Crippen LogP contribution in [0.25, 0.3) is 6.08 Å². The second kappa shape index (κ2) is 11.5. The van der Waals surface area contributed by atoms with Gasteiger partial charge in [0.2, 0.25) is 0 Å². The Morgan fingerprint density at radius 1 is 1.11 bits per heavy atom. The molecule has 0 aliphatic carbocycles. The molecule has 0 unspecified atom stereocenters. The van der Waals surface area contributed by atoms with Crippen LogP contribution in [0.5, 0.6) is 0 Å². The van der Waals surface area contributed by atoms with Crippen LogP contribution in [-0.2, 0) is 42.9 Å². The normalized spacial score (nSPS) is 21.3. The fourth-order valence-corrected chi connectivity index (χ4v) is 4.68. The number of nitrogens with zero attached hydrogens (tertiary/aromatic N) is 1. The standard InChI is InChI=1S/C23H24N2O12S/c1-12-4-7-16(8-5-12)38(32,33)37-19-17(11-34-13(2)26)36-22(20(19)35-14(3)27)25-10-15(6-9-18(28)29)21(30)24-23(25)31/h4-10,17,19-20,22H,11H2,1-3H3,(H,28,29)(H,24,30,31)/b9-6+/t17-,19+,20-,22-/m1/s1. The summed E-state index contributed by atoms with van der Waals surface area (Å²) < 4.78 is 48.4. The van der Waals surface area contributed by atoms with Crippen LogP contribution in [0.2, 0.25) is 0 Å². The molecule has 1 aromatic carbocycles. The van der Waals surface area contributed by atoms with Crippen LogP contribution in [-0.4, -0.2) is 65.9 Å². The van der Waals surface area contributed by atoms with Crippen molar-refractivity contribution in [2.75, 3.05) is 6.61 Å². The van der Waals surface area contributed by atoms with Crippen LogP contribution >= 0.6 is 0 Å². The molecule has 2 aromatic rings. The van der Waals surface area contributed by atoms with Gasteiger partial charge in [-0.05, 0) is 25.1 Å². The minimum Gasteiger partial charge on any atom is -0.478 e. The third-order valence-electron chi connectivity index (χ3n) is 5.26. The van der Waals surface area contributed by atoms with Crippen LogP contribution < -0.4 is 11.2 Å². The van der Waals surface area contributed by atoms with E-state index < -0.39 is 70.4 Å². The summed E-state index contributed by atoms with van der Waals surface area (Å²) in [5, 5.41) is 8.87. The zero-order valence-electron chi connectivity index (χ0n) is 20.4. The van der Waals surface area contributed by atoms with E-state index in [0.29, 0.717) is 6.08 Å². The lowest BCUT2D eigenvalue weighted by atomic mass is 10.1. The number of H-pyrrole nitrogens is 1. The smallest absolute Gasteiger partial charge is 0.330 e. The second-order valence-electron chi connectivity index (χ2n) is 8.19. The van der Waals surface area contributed by atoms with Crippen molar-refractivity contribution in [2.45, 2.75) is 50.2 Å². The van der Waals surface area contributed by atoms with Crippen molar-refractivity contribution >= 4 is 34.1 Å². The number of carboxylic acids is 1. The molecule has 4 atom stereocenters. The number of hydrogen-bond acceptors (Lipinski definition) is 11. The van der Waals surface area contributed by atoms with Gasteiger partial charge in [0.25, 0.3) is 15.7 Å². The topological polar surface area (TPSA) is 197 Å². The second-order valence-corrected chi connectivity index (χ2v) is 9.76. The van der Waals surface area contributed by atoms with Gasteiger partial charge in [-0.15, -0.1) is 0 Å². The van der Waals surface area contributed by atoms with Gasteiger partial charge in [-0.3, -0.25) is 28.1 Å². The number of rotatable bonds is 9. The number of ether oxygens (including phenoxy) is 3. The van der Waals surface area contributed by atoms with Gasteiger partial charge in [-0.2, -0.15) is 8.42 Å². The van der Waals surface area contributed by atoms with Crippen molar-refractivity contribution in [3.8, 4) is 0 Å². The first kappa shape index (κ1) is 28.5. The van der Waals surface area contributed by atoms with E-state index in [4.69, 9.17) is 23.5 Å². The van der Waals surface area contributed by atoms with Gasteiger partial charge < -0.3 is 19.3 Å². The largest absolute Gasteiger partial charge is 0.478 e. The molecule has 15 heteroatoms. The van der Waals surface area contributed by atoms with E-state index in [2.05, 4.69) is 0 Å². The monoisotopic (exact) mass is 552 g/mol. The van der Waals surface area contributed by atoms with Crippen molar-refractivity contribution in [3.63, 3.8) is 0 Å². The van der Waals surface area contributed by atoms with E-state index >= 15 is 0 Å². The predicted octanol–water partition coefficient (Wildman–Crippen LogP) is 0.109. The first-order valence-corrected chi connectivity index (χ1v) is 12.4. The number of aliphatic carboxylic acids is 1. The van der Waals surface area contributed by atoms with Gasteiger partial charge in [0.1, 0.15) is 18.8 Å². The van der Waals surface area contributed by atoms with Crippen LogP contribution in [0, 0.1) is 6.92 Å². The number of carbonyl (C=O) groups excluding carboxylic acids is 2. The Morgan fingerprint density at radius 2 is 1.76 bits per heavy atom. The van der Waals surface area contributed by atoms with E-state index in [1.807, 2.05) is 4.98 Å². The summed E-state index contributed by atoms with van der Waals surface area (Å²) in [7, 11) is -4.48. The quantitative estimate of drug-likeness (QED) is 0.242. The predicted molar refractivity (Wildman–Crippen MR) is 127 cm³/mol. The fraction of sp³-hybridized carbons (Fsp3) is 0.348. The van der Waals surface area contributed by atoms with Crippen LogP contribution in [0.15, 0.2) is 51.0 Å². The summed E-state index contributed by atoms with van der Waals surface area (Å²) in [6, 6.07) is 5.67. The Bertz CT molecular complexity index is 1470. The number of carbonyl (C=O) groups is 3. The molecule has 204 valence electrons. The highest BCUT2D eigenvalue weighted by Gasteiger charge is 2.51. The first-order valence-electron chi connectivity index (χ1n) is 11.0. The third-order valence-corrected chi connectivity index (χ3v) is 6.59. The molecule has 1 saturated heterocycles. The lowest BCUT2D eigenvalue weighted by Gasteiger charge is -2.24.